The number of nitrogens with one attached hydrogen (secondary N) is 1. The van der Waals surface area contributed by atoms with Gasteiger partial charge in [-0.05, 0) is 23.8 Å². The van der Waals surface area contributed by atoms with Crippen molar-refractivity contribution in [3.63, 3.8) is 0 Å². The highest BCUT2D eigenvalue weighted by Gasteiger charge is 1.99. The molecule has 0 aliphatic rings. The molecule has 0 saturated heterocycles. The van der Waals surface area contributed by atoms with Gasteiger partial charge in [0.15, 0.2) is 0 Å². The van der Waals surface area contributed by atoms with Crippen molar-refractivity contribution in [2.24, 2.45) is 5.84 Å². The zero-order valence-corrected chi connectivity index (χ0v) is 6.53. The van der Waals surface area contributed by atoms with Crippen LogP contribution in [0.5, 0.6) is 0 Å². The number of nitrogens with two attached hydrogens (primary N) is 1. The van der Waals surface area contributed by atoms with Crippen LogP contribution in [0, 0.1) is 5.82 Å². The molecular formula is C7H8ClFN2. The third-order valence-electron chi connectivity index (χ3n) is 1.30. The van der Waals surface area contributed by atoms with Gasteiger partial charge >= 0.3 is 0 Å². The van der Waals surface area contributed by atoms with Crippen molar-refractivity contribution in [1.29, 1.82) is 0 Å². The van der Waals surface area contributed by atoms with Gasteiger partial charge in [0.1, 0.15) is 5.82 Å². The third-order valence-corrected chi connectivity index (χ3v) is 1.67. The fourth-order valence-corrected chi connectivity index (χ4v) is 0.973. The Balaban J connectivity index is 2.93. The standard InChI is InChI=1S/C7H8ClFN2/c8-7-2-1-6(9)3-5(7)4-11-10/h1-3,11H,4,10H2. The summed E-state index contributed by atoms with van der Waals surface area (Å²) in [6, 6.07) is 4.16. The van der Waals surface area contributed by atoms with Crippen LogP contribution >= 0.6 is 11.6 Å². The lowest BCUT2D eigenvalue weighted by Gasteiger charge is -2.01. The molecule has 0 radical (unpaired) electrons. The van der Waals surface area contributed by atoms with Crippen molar-refractivity contribution in [2.75, 3.05) is 0 Å². The zero-order valence-electron chi connectivity index (χ0n) is 5.77. The maximum absolute atomic E-state index is 12.5. The summed E-state index contributed by atoms with van der Waals surface area (Å²) in [5, 5.41) is 0.518. The molecule has 1 rings (SSSR count). The minimum atomic E-state index is -0.306. The van der Waals surface area contributed by atoms with Crippen LogP contribution < -0.4 is 11.3 Å². The molecule has 11 heavy (non-hydrogen) atoms. The van der Waals surface area contributed by atoms with Gasteiger partial charge in [-0.3, -0.25) is 11.3 Å². The summed E-state index contributed by atoms with van der Waals surface area (Å²) in [6.45, 7) is 0.372. The molecule has 0 spiro atoms. The second-order valence-electron chi connectivity index (χ2n) is 2.12. The van der Waals surface area contributed by atoms with Crippen LogP contribution in [-0.2, 0) is 6.54 Å². The van der Waals surface area contributed by atoms with Gasteiger partial charge in [-0.1, -0.05) is 11.6 Å². The first-order valence-corrected chi connectivity index (χ1v) is 3.49. The number of hydrogen-bond acceptors (Lipinski definition) is 2. The minimum Gasteiger partial charge on any atom is -0.271 e. The normalized spacial score (nSPS) is 10.1. The lowest BCUT2D eigenvalue weighted by Crippen LogP contribution is -2.21. The van der Waals surface area contributed by atoms with Gasteiger partial charge in [0, 0.05) is 11.6 Å². The predicted molar refractivity (Wildman–Crippen MR) is 42.4 cm³/mol. The Hall–Kier alpha value is -0.640. The Bertz CT molecular complexity index is 252. The van der Waals surface area contributed by atoms with Gasteiger partial charge in [0.05, 0.1) is 0 Å². The molecular weight excluding hydrogens is 167 g/mol. The number of hydrogen-bond donors (Lipinski definition) is 2. The van der Waals surface area contributed by atoms with Crippen LogP contribution in [-0.4, -0.2) is 0 Å². The molecule has 1 aromatic rings. The number of hydrazine groups is 1. The van der Waals surface area contributed by atoms with E-state index in [-0.39, 0.29) is 5.82 Å². The first-order chi connectivity index (χ1) is 5.24. The van der Waals surface area contributed by atoms with E-state index in [2.05, 4.69) is 5.43 Å². The largest absolute Gasteiger partial charge is 0.271 e. The fourth-order valence-electron chi connectivity index (χ4n) is 0.789. The fraction of sp³-hybridized carbons (Fsp3) is 0.143. The summed E-state index contributed by atoms with van der Waals surface area (Å²) in [6.07, 6.45) is 0. The van der Waals surface area contributed by atoms with Gasteiger partial charge in [-0.25, -0.2) is 4.39 Å². The molecule has 0 fully saturated rings. The van der Waals surface area contributed by atoms with Gasteiger partial charge in [-0.15, -0.1) is 0 Å². The van der Waals surface area contributed by atoms with Crippen LogP contribution in [0.2, 0.25) is 5.02 Å². The molecule has 4 heteroatoms. The molecule has 60 valence electrons. The van der Waals surface area contributed by atoms with Crippen molar-refractivity contribution in [3.05, 3.63) is 34.6 Å². The van der Waals surface area contributed by atoms with Crippen LogP contribution in [0.1, 0.15) is 5.56 Å². The van der Waals surface area contributed by atoms with E-state index in [0.29, 0.717) is 17.1 Å². The highest BCUT2D eigenvalue weighted by molar-refractivity contribution is 6.31. The van der Waals surface area contributed by atoms with E-state index < -0.39 is 0 Å². The topological polar surface area (TPSA) is 38.0 Å². The number of rotatable bonds is 2. The summed E-state index contributed by atoms with van der Waals surface area (Å²) in [5.41, 5.74) is 3.06. The molecule has 0 saturated carbocycles. The second-order valence-corrected chi connectivity index (χ2v) is 2.52. The van der Waals surface area contributed by atoms with E-state index in [1.54, 1.807) is 0 Å². The van der Waals surface area contributed by atoms with E-state index in [4.69, 9.17) is 17.4 Å². The van der Waals surface area contributed by atoms with Gasteiger partial charge in [0.2, 0.25) is 0 Å². The predicted octanol–water partition coefficient (Wildman–Crippen LogP) is 1.44. The van der Waals surface area contributed by atoms with Crippen LogP contribution in [0.4, 0.5) is 4.39 Å². The minimum absolute atomic E-state index is 0.306. The highest BCUT2D eigenvalue weighted by atomic mass is 35.5. The smallest absolute Gasteiger partial charge is 0.123 e. The summed E-state index contributed by atoms with van der Waals surface area (Å²) < 4.78 is 12.5. The van der Waals surface area contributed by atoms with Crippen LogP contribution in [0.15, 0.2) is 18.2 Å². The van der Waals surface area contributed by atoms with Gasteiger partial charge in [0.25, 0.3) is 0 Å². The van der Waals surface area contributed by atoms with Gasteiger partial charge < -0.3 is 0 Å². The molecule has 0 aliphatic heterocycles. The molecule has 3 N–H and O–H groups in total. The van der Waals surface area contributed by atoms with E-state index in [1.165, 1.54) is 18.2 Å². The lowest BCUT2D eigenvalue weighted by molar-refractivity contribution is 0.622. The second kappa shape index (κ2) is 3.67. The number of halogens is 2. The Morgan fingerprint density at radius 2 is 2.27 bits per heavy atom. The molecule has 0 aliphatic carbocycles. The quantitative estimate of drug-likeness (QED) is 0.526. The molecule has 0 aromatic heterocycles. The molecule has 0 unspecified atom stereocenters. The maximum atomic E-state index is 12.5. The van der Waals surface area contributed by atoms with Crippen LogP contribution in [0.3, 0.4) is 0 Å². The average Bonchev–Trinajstić information content (AvgIpc) is 1.98. The van der Waals surface area contributed by atoms with Gasteiger partial charge in [-0.2, -0.15) is 0 Å². The Labute approximate surface area is 69.1 Å². The number of benzene rings is 1. The SMILES string of the molecule is NNCc1cc(F)ccc1Cl. The third kappa shape index (κ3) is 2.15. The lowest BCUT2D eigenvalue weighted by atomic mass is 10.2. The first kappa shape index (κ1) is 8.46. The van der Waals surface area contributed by atoms with Crippen molar-refractivity contribution in [2.45, 2.75) is 6.54 Å². The molecule has 0 bridgehead atoms. The summed E-state index contributed by atoms with van der Waals surface area (Å²) in [5.74, 6) is 4.74. The zero-order chi connectivity index (χ0) is 8.27. The van der Waals surface area contributed by atoms with Crippen molar-refractivity contribution < 1.29 is 4.39 Å². The molecule has 1 aromatic carbocycles. The average molecular weight is 175 g/mol. The molecule has 0 heterocycles. The van der Waals surface area contributed by atoms with E-state index in [1.807, 2.05) is 0 Å². The molecule has 0 atom stereocenters. The monoisotopic (exact) mass is 174 g/mol. The van der Waals surface area contributed by atoms with Crippen molar-refractivity contribution in [3.8, 4) is 0 Å². The van der Waals surface area contributed by atoms with E-state index >= 15 is 0 Å². The first-order valence-electron chi connectivity index (χ1n) is 3.11. The van der Waals surface area contributed by atoms with Crippen LogP contribution in [0.25, 0.3) is 0 Å². The van der Waals surface area contributed by atoms with E-state index in [9.17, 15) is 4.39 Å². The highest BCUT2D eigenvalue weighted by Crippen LogP contribution is 2.16. The Morgan fingerprint density at radius 1 is 1.55 bits per heavy atom. The van der Waals surface area contributed by atoms with Crippen molar-refractivity contribution in [1.82, 2.24) is 5.43 Å². The molecule has 0 amide bonds. The van der Waals surface area contributed by atoms with E-state index in [0.717, 1.165) is 0 Å². The Morgan fingerprint density at radius 3 is 2.91 bits per heavy atom. The summed E-state index contributed by atoms with van der Waals surface area (Å²) in [7, 11) is 0. The maximum Gasteiger partial charge on any atom is 0.123 e. The molecule has 2 nitrogen and oxygen atoms in total. The summed E-state index contributed by atoms with van der Waals surface area (Å²) in [4.78, 5) is 0. The summed E-state index contributed by atoms with van der Waals surface area (Å²) >= 11 is 5.71. The Kier molecular flexibility index (Phi) is 2.82. The van der Waals surface area contributed by atoms with Crippen molar-refractivity contribution >= 4 is 11.6 Å².